The van der Waals surface area contributed by atoms with Gasteiger partial charge in [-0.05, 0) is 5.56 Å². The second-order valence-corrected chi connectivity index (χ2v) is 7.58. The molecule has 1 atom stereocenters. The minimum Gasteiger partial charge on any atom is -0.459 e. The molecule has 0 aliphatic carbocycles. The van der Waals surface area contributed by atoms with Crippen molar-refractivity contribution in [3.05, 3.63) is 52.0 Å². The molecule has 0 bridgehead atoms. The van der Waals surface area contributed by atoms with Crippen molar-refractivity contribution in [2.45, 2.75) is 45.4 Å². The number of nitrogens with one attached hydrogen (secondary N) is 1. The van der Waals surface area contributed by atoms with E-state index in [0.717, 1.165) is 16.3 Å². The molecule has 150 valence electrons. The SMILES string of the molecule is CC(C)c1nc(CN(C)C(=O)N[C@@H](CC=O)C(=O)OCc2ccccc2)cs1. The van der Waals surface area contributed by atoms with Crippen LogP contribution in [0.25, 0.3) is 0 Å². The first kappa shape index (κ1) is 21.6. The summed E-state index contributed by atoms with van der Waals surface area (Å²) in [6.07, 6.45) is 0.436. The largest absolute Gasteiger partial charge is 0.459 e. The maximum absolute atomic E-state index is 12.4. The van der Waals surface area contributed by atoms with Crippen LogP contribution in [0.4, 0.5) is 4.79 Å². The van der Waals surface area contributed by atoms with Crippen LogP contribution in [0.3, 0.4) is 0 Å². The van der Waals surface area contributed by atoms with Crippen molar-refractivity contribution in [2.75, 3.05) is 7.05 Å². The first-order valence-electron chi connectivity index (χ1n) is 9.00. The molecule has 8 heteroatoms. The Kier molecular flexibility index (Phi) is 8.13. The number of amides is 2. The highest BCUT2D eigenvalue weighted by Crippen LogP contribution is 2.19. The number of thiazole rings is 1. The van der Waals surface area contributed by atoms with Crippen LogP contribution in [-0.4, -0.2) is 41.3 Å². The van der Waals surface area contributed by atoms with E-state index in [4.69, 9.17) is 4.74 Å². The Bertz CT molecular complexity index is 792. The van der Waals surface area contributed by atoms with Crippen LogP contribution >= 0.6 is 11.3 Å². The molecule has 0 spiro atoms. The predicted octanol–water partition coefficient (Wildman–Crippen LogP) is 3.11. The Labute approximate surface area is 168 Å². The van der Waals surface area contributed by atoms with E-state index >= 15 is 0 Å². The summed E-state index contributed by atoms with van der Waals surface area (Å²) in [5.74, 6) is -0.317. The molecule has 7 nitrogen and oxygen atoms in total. The summed E-state index contributed by atoms with van der Waals surface area (Å²) in [5.41, 5.74) is 1.61. The van der Waals surface area contributed by atoms with Crippen LogP contribution in [0.5, 0.6) is 0 Å². The Morgan fingerprint density at radius 3 is 2.61 bits per heavy atom. The molecule has 0 aliphatic rings. The van der Waals surface area contributed by atoms with E-state index < -0.39 is 18.0 Å². The molecule has 1 N–H and O–H groups in total. The summed E-state index contributed by atoms with van der Waals surface area (Å²) in [5, 5.41) is 5.48. The molecule has 28 heavy (non-hydrogen) atoms. The van der Waals surface area contributed by atoms with Gasteiger partial charge in [-0.2, -0.15) is 0 Å². The minimum atomic E-state index is -1.03. The van der Waals surface area contributed by atoms with E-state index in [9.17, 15) is 14.4 Å². The van der Waals surface area contributed by atoms with Crippen molar-refractivity contribution in [1.82, 2.24) is 15.2 Å². The van der Waals surface area contributed by atoms with Gasteiger partial charge in [0.05, 0.1) is 17.2 Å². The Balaban J connectivity index is 1.90. The zero-order valence-corrected chi connectivity index (χ0v) is 17.1. The first-order chi connectivity index (χ1) is 13.4. The fraction of sp³-hybridized carbons (Fsp3) is 0.400. The molecule has 0 unspecified atom stereocenters. The quantitative estimate of drug-likeness (QED) is 0.513. The van der Waals surface area contributed by atoms with Gasteiger partial charge in [-0.25, -0.2) is 14.6 Å². The zero-order valence-electron chi connectivity index (χ0n) is 16.3. The molecule has 0 aliphatic heterocycles. The molecule has 1 heterocycles. The van der Waals surface area contributed by atoms with Crippen molar-refractivity contribution >= 4 is 29.6 Å². The normalized spacial score (nSPS) is 11.7. The maximum atomic E-state index is 12.4. The molecular weight excluding hydrogens is 378 g/mol. The van der Waals surface area contributed by atoms with Gasteiger partial charge in [0.25, 0.3) is 0 Å². The van der Waals surface area contributed by atoms with Crippen molar-refractivity contribution < 1.29 is 19.1 Å². The van der Waals surface area contributed by atoms with Gasteiger partial charge in [0.2, 0.25) is 0 Å². The predicted molar refractivity (Wildman–Crippen MR) is 107 cm³/mol. The van der Waals surface area contributed by atoms with E-state index in [1.165, 1.54) is 4.90 Å². The number of aldehydes is 1. The minimum absolute atomic E-state index is 0.0809. The molecule has 2 rings (SSSR count). The average Bonchev–Trinajstić information content (AvgIpc) is 3.15. The van der Waals surface area contributed by atoms with E-state index in [2.05, 4.69) is 24.1 Å². The number of benzene rings is 1. The van der Waals surface area contributed by atoms with Crippen LogP contribution in [0.1, 0.15) is 42.5 Å². The summed E-state index contributed by atoms with van der Waals surface area (Å²) in [6.45, 7) is 4.51. The number of hydrogen-bond acceptors (Lipinski definition) is 6. The van der Waals surface area contributed by atoms with Gasteiger partial charge in [-0.3, -0.25) is 0 Å². The van der Waals surface area contributed by atoms with Crippen molar-refractivity contribution in [1.29, 1.82) is 0 Å². The summed E-state index contributed by atoms with van der Waals surface area (Å²) in [4.78, 5) is 41.5. The lowest BCUT2D eigenvalue weighted by atomic mass is 10.2. The third-order valence-corrected chi connectivity index (χ3v) is 5.14. The number of ether oxygens (including phenoxy) is 1. The van der Waals surface area contributed by atoms with Gasteiger partial charge in [0, 0.05) is 24.8 Å². The lowest BCUT2D eigenvalue weighted by Gasteiger charge is -2.21. The third kappa shape index (κ3) is 6.45. The molecule has 1 aromatic carbocycles. The highest BCUT2D eigenvalue weighted by Gasteiger charge is 2.24. The molecule has 1 aromatic heterocycles. The number of carbonyl (C=O) groups is 3. The standard InChI is InChI=1S/C20H25N3O4S/c1-14(2)18-21-16(13-28-18)11-23(3)20(26)22-17(9-10-24)19(25)27-12-15-7-5-4-6-8-15/h4-8,10,13-14,17H,9,11-12H2,1-3H3,(H,22,26)/t17-/m0/s1. The summed E-state index contributed by atoms with van der Waals surface area (Å²) in [6, 6.07) is 7.70. The number of rotatable bonds is 9. The number of hydrogen-bond donors (Lipinski definition) is 1. The van der Waals surface area contributed by atoms with Crippen molar-refractivity contribution in [3.8, 4) is 0 Å². The highest BCUT2D eigenvalue weighted by atomic mass is 32.1. The first-order valence-corrected chi connectivity index (χ1v) is 9.88. The number of urea groups is 1. The van der Waals surface area contributed by atoms with E-state index in [-0.39, 0.29) is 13.0 Å². The second-order valence-electron chi connectivity index (χ2n) is 6.69. The molecule has 0 saturated carbocycles. The molecular formula is C20H25N3O4S. The van der Waals surface area contributed by atoms with E-state index in [1.807, 2.05) is 35.7 Å². The van der Waals surface area contributed by atoms with Crippen LogP contribution in [0.15, 0.2) is 35.7 Å². The van der Waals surface area contributed by atoms with Crippen LogP contribution in [-0.2, 0) is 27.5 Å². The van der Waals surface area contributed by atoms with Crippen LogP contribution < -0.4 is 5.32 Å². The molecule has 2 amide bonds. The van der Waals surface area contributed by atoms with Gasteiger partial charge in [0.15, 0.2) is 0 Å². The topological polar surface area (TPSA) is 88.6 Å². The van der Waals surface area contributed by atoms with Gasteiger partial charge in [-0.1, -0.05) is 44.2 Å². The summed E-state index contributed by atoms with van der Waals surface area (Å²) in [7, 11) is 1.61. The Morgan fingerprint density at radius 2 is 2.00 bits per heavy atom. The molecule has 0 radical (unpaired) electrons. The lowest BCUT2D eigenvalue weighted by Crippen LogP contribution is -2.47. The van der Waals surface area contributed by atoms with Crippen molar-refractivity contribution in [2.24, 2.45) is 0 Å². The number of carbonyl (C=O) groups excluding carboxylic acids is 3. The van der Waals surface area contributed by atoms with Crippen molar-refractivity contribution in [3.63, 3.8) is 0 Å². The average molecular weight is 404 g/mol. The van der Waals surface area contributed by atoms with Gasteiger partial charge in [0.1, 0.15) is 18.9 Å². The number of esters is 1. The summed E-state index contributed by atoms with van der Waals surface area (Å²) < 4.78 is 5.23. The lowest BCUT2D eigenvalue weighted by molar-refractivity contribution is -0.148. The smallest absolute Gasteiger partial charge is 0.329 e. The van der Waals surface area contributed by atoms with Gasteiger partial charge < -0.3 is 19.7 Å². The summed E-state index contributed by atoms with van der Waals surface area (Å²) >= 11 is 1.55. The van der Waals surface area contributed by atoms with Gasteiger partial charge >= 0.3 is 12.0 Å². The van der Waals surface area contributed by atoms with E-state index in [0.29, 0.717) is 18.7 Å². The monoisotopic (exact) mass is 403 g/mol. The molecule has 0 fully saturated rings. The maximum Gasteiger partial charge on any atom is 0.329 e. The van der Waals surface area contributed by atoms with Gasteiger partial charge in [-0.15, -0.1) is 11.3 Å². The van der Waals surface area contributed by atoms with Crippen LogP contribution in [0, 0.1) is 0 Å². The number of nitrogens with zero attached hydrogens (tertiary/aromatic N) is 2. The highest BCUT2D eigenvalue weighted by molar-refractivity contribution is 7.09. The third-order valence-electron chi connectivity index (χ3n) is 3.95. The fourth-order valence-electron chi connectivity index (χ4n) is 2.37. The Hall–Kier alpha value is -2.74. The molecule has 0 saturated heterocycles. The zero-order chi connectivity index (χ0) is 20.5. The Morgan fingerprint density at radius 1 is 1.29 bits per heavy atom. The van der Waals surface area contributed by atoms with E-state index in [1.54, 1.807) is 18.4 Å². The second kappa shape index (κ2) is 10.6. The number of aromatic nitrogens is 1. The fourth-order valence-corrected chi connectivity index (χ4v) is 3.20. The van der Waals surface area contributed by atoms with Crippen LogP contribution in [0.2, 0.25) is 0 Å². The molecule has 2 aromatic rings.